The minimum absolute atomic E-state index is 0.0487. The molecule has 1 aliphatic heterocycles. The Balaban J connectivity index is 2.13. The van der Waals surface area contributed by atoms with Crippen LogP contribution in [0.1, 0.15) is 30.0 Å². The lowest BCUT2D eigenvalue weighted by Crippen LogP contribution is -2.54. The van der Waals surface area contributed by atoms with E-state index in [-0.39, 0.29) is 11.9 Å². The Morgan fingerprint density at radius 1 is 1.53 bits per heavy atom. The zero-order chi connectivity index (χ0) is 13.8. The fourth-order valence-electron chi connectivity index (χ4n) is 2.42. The summed E-state index contributed by atoms with van der Waals surface area (Å²) in [5.41, 5.74) is 2.85. The van der Waals surface area contributed by atoms with Gasteiger partial charge in [-0.2, -0.15) is 5.26 Å². The number of hydrogen-bond donors (Lipinski definition) is 1. The molecule has 2 rings (SSSR count). The summed E-state index contributed by atoms with van der Waals surface area (Å²) in [5.74, 6) is 0.178. The lowest BCUT2D eigenvalue weighted by Gasteiger charge is -2.33. The highest BCUT2D eigenvalue weighted by Gasteiger charge is 2.26. The molecule has 19 heavy (non-hydrogen) atoms. The summed E-state index contributed by atoms with van der Waals surface area (Å²) in [4.78, 5) is 14.1. The molecule has 1 aromatic carbocycles. The molecule has 1 unspecified atom stereocenters. The second kappa shape index (κ2) is 5.85. The summed E-state index contributed by atoms with van der Waals surface area (Å²) in [7, 11) is 0. The van der Waals surface area contributed by atoms with Crippen LogP contribution in [0.15, 0.2) is 18.2 Å². The van der Waals surface area contributed by atoms with Crippen LogP contribution in [-0.2, 0) is 11.3 Å². The molecule has 1 aliphatic rings. The molecular formula is C15H19N3O. The highest BCUT2D eigenvalue weighted by atomic mass is 16.2. The van der Waals surface area contributed by atoms with E-state index >= 15 is 0 Å². The topological polar surface area (TPSA) is 56.1 Å². The van der Waals surface area contributed by atoms with Crippen molar-refractivity contribution in [3.8, 4) is 6.07 Å². The summed E-state index contributed by atoms with van der Waals surface area (Å²) < 4.78 is 0. The maximum Gasteiger partial charge on any atom is 0.240 e. The normalized spacial score (nSPS) is 19.3. The molecule has 4 nitrogen and oxygen atoms in total. The Labute approximate surface area is 114 Å². The third kappa shape index (κ3) is 2.94. The summed E-state index contributed by atoms with van der Waals surface area (Å²) in [6.07, 6.45) is 0.821. The van der Waals surface area contributed by atoms with Crippen LogP contribution in [0.2, 0.25) is 0 Å². The van der Waals surface area contributed by atoms with Crippen molar-refractivity contribution < 1.29 is 4.79 Å². The third-order valence-electron chi connectivity index (χ3n) is 3.62. The van der Waals surface area contributed by atoms with Gasteiger partial charge in [-0.1, -0.05) is 13.0 Å². The van der Waals surface area contributed by atoms with Gasteiger partial charge in [0.05, 0.1) is 17.7 Å². The molecule has 0 radical (unpaired) electrons. The van der Waals surface area contributed by atoms with E-state index in [2.05, 4.69) is 11.4 Å². The molecule has 1 atom stereocenters. The van der Waals surface area contributed by atoms with Gasteiger partial charge < -0.3 is 10.2 Å². The second-order valence-corrected chi connectivity index (χ2v) is 4.93. The van der Waals surface area contributed by atoms with E-state index in [4.69, 9.17) is 5.26 Å². The Morgan fingerprint density at radius 3 is 2.95 bits per heavy atom. The number of carbonyl (C=O) groups is 1. The number of nitriles is 1. The Morgan fingerprint density at radius 2 is 2.32 bits per heavy atom. The van der Waals surface area contributed by atoms with Gasteiger partial charge in [0.25, 0.3) is 0 Å². The van der Waals surface area contributed by atoms with Crippen LogP contribution in [0.3, 0.4) is 0 Å². The van der Waals surface area contributed by atoms with E-state index in [1.807, 2.05) is 36.9 Å². The largest absolute Gasteiger partial charge is 0.336 e. The zero-order valence-corrected chi connectivity index (χ0v) is 11.4. The van der Waals surface area contributed by atoms with E-state index in [0.29, 0.717) is 12.1 Å². The number of benzene rings is 1. The summed E-state index contributed by atoms with van der Waals surface area (Å²) >= 11 is 0. The molecule has 0 aromatic heterocycles. The van der Waals surface area contributed by atoms with Crippen LogP contribution in [0.25, 0.3) is 0 Å². The van der Waals surface area contributed by atoms with Gasteiger partial charge in [-0.3, -0.25) is 4.79 Å². The Hall–Kier alpha value is -1.86. The average Bonchev–Trinajstić information content (AvgIpc) is 2.43. The number of amides is 1. The van der Waals surface area contributed by atoms with Gasteiger partial charge in [-0.25, -0.2) is 0 Å². The molecular weight excluding hydrogens is 238 g/mol. The molecule has 0 bridgehead atoms. The molecule has 0 spiro atoms. The molecule has 100 valence electrons. The maximum atomic E-state index is 12.2. The first-order chi connectivity index (χ1) is 9.15. The minimum Gasteiger partial charge on any atom is -0.336 e. The average molecular weight is 257 g/mol. The van der Waals surface area contributed by atoms with Crippen LogP contribution >= 0.6 is 0 Å². The van der Waals surface area contributed by atoms with Gasteiger partial charge in [-0.05, 0) is 36.6 Å². The molecule has 1 saturated heterocycles. The standard InChI is InChI=1S/C15H19N3O/c1-3-14-15(19)18(7-6-17-14)10-13-5-4-12(9-16)8-11(13)2/h4-5,8,14,17H,3,6-7,10H2,1-2H3. The van der Waals surface area contributed by atoms with E-state index in [9.17, 15) is 4.79 Å². The fourth-order valence-corrected chi connectivity index (χ4v) is 2.42. The molecule has 0 saturated carbocycles. The van der Waals surface area contributed by atoms with E-state index < -0.39 is 0 Å². The van der Waals surface area contributed by atoms with Gasteiger partial charge in [-0.15, -0.1) is 0 Å². The van der Waals surface area contributed by atoms with Crippen molar-refractivity contribution >= 4 is 5.91 Å². The Kier molecular flexibility index (Phi) is 4.18. The number of rotatable bonds is 3. The lowest BCUT2D eigenvalue weighted by molar-refractivity contribution is -0.136. The van der Waals surface area contributed by atoms with Crippen molar-refractivity contribution in [3.05, 3.63) is 34.9 Å². The van der Waals surface area contributed by atoms with Crippen molar-refractivity contribution in [1.29, 1.82) is 5.26 Å². The number of nitrogens with one attached hydrogen (secondary N) is 1. The predicted octanol–water partition coefficient (Wildman–Crippen LogP) is 1.58. The summed E-state index contributed by atoms with van der Waals surface area (Å²) in [6.45, 7) is 6.23. The SMILES string of the molecule is CCC1NCCN(Cc2ccc(C#N)cc2C)C1=O. The first-order valence-corrected chi connectivity index (χ1v) is 6.67. The van der Waals surface area contributed by atoms with Crippen molar-refractivity contribution in [3.63, 3.8) is 0 Å². The highest BCUT2D eigenvalue weighted by Crippen LogP contribution is 2.15. The lowest BCUT2D eigenvalue weighted by atomic mass is 10.0. The van der Waals surface area contributed by atoms with Crippen molar-refractivity contribution in [1.82, 2.24) is 10.2 Å². The van der Waals surface area contributed by atoms with Gasteiger partial charge in [0.2, 0.25) is 5.91 Å². The smallest absolute Gasteiger partial charge is 0.240 e. The van der Waals surface area contributed by atoms with Gasteiger partial charge in [0, 0.05) is 19.6 Å². The first kappa shape index (κ1) is 13.6. The van der Waals surface area contributed by atoms with Gasteiger partial charge >= 0.3 is 0 Å². The molecule has 0 aliphatic carbocycles. The van der Waals surface area contributed by atoms with Crippen molar-refractivity contribution in [2.24, 2.45) is 0 Å². The van der Waals surface area contributed by atoms with Gasteiger partial charge in [0.1, 0.15) is 0 Å². The quantitative estimate of drug-likeness (QED) is 0.894. The molecule has 1 amide bonds. The third-order valence-corrected chi connectivity index (χ3v) is 3.62. The van der Waals surface area contributed by atoms with Crippen LogP contribution in [0, 0.1) is 18.3 Å². The van der Waals surface area contributed by atoms with Crippen molar-refractivity contribution in [2.75, 3.05) is 13.1 Å². The van der Waals surface area contributed by atoms with Crippen LogP contribution in [-0.4, -0.2) is 29.9 Å². The first-order valence-electron chi connectivity index (χ1n) is 6.67. The van der Waals surface area contributed by atoms with E-state index in [1.54, 1.807) is 0 Å². The number of piperazine rings is 1. The van der Waals surface area contributed by atoms with Crippen molar-refractivity contribution in [2.45, 2.75) is 32.9 Å². The minimum atomic E-state index is -0.0487. The second-order valence-electron chi connectivity index (χ2n) is 4.93. The molecule has 1 fully saturated rings. The molecule has 1 aromatic rings. The summed E-state index contributed by atoms with van der Waals surface area (Å²) in [6, 6.07) is 7.72. The summed E-state index contributed by atoms with van der Waals surface area (Å²) in [5, 5.41) is 12.1. The predicted molar refractivity (Wildman–Crippen MR) is 73.4 cm³/mol. The molecule has 1 heterocycles. The highest BCUT2D eigenvalue weighted by molar-refractivity contribution is 5.82. The molecule has 4 heteroatoms. The number of carbonyl (C=O) groups excluding carboxylic acids is 1. The monoisotopic (exact) mass is 257 g/mol. The molecule has 1 N–H and O–H groups in total. The maximum absolute atomic E-state index is 12.2. The van der Waals surface area contributed by atoms with E-state index in [0.717, 1.165) is 30.6 Å². The zero-order valence-electron chi connectivity index (χ0n) is 11.4. The van der Waals surface area contributed by atoms with Gasteiger partial charge in [0.15, 0.2) is 0 Å². The number of aryl methyl sites for hydroxylation is 1. The fraction of sp³-hybridized carbons (Fsp3) is 0.467. The van der Waals surface area contributed by atoms with E-state index in [1.165, 1.54) is 0 Å². The number of hydrogen-bond acceptors (Lipinski definition) is 3. The van der Waals surface area contributed by atoms with Crippen LogP contribution in [0.4, 0.5) is 0 Å². The van der Waals surface area contributed by atoms with Crippen LogP contribution in [0.5, 0.6) is 0 Å². The number of nitrogens with zero attached hydrogens (tertiary/aromatic N) is 2. The van der Waals surface area contributed by atoms with Crippen LogP contribution < -0.4 is 5.32 Å². The Bertz CT molecular complexity index is 519.